The van der Waals surface area contributed by atoms with Crippen LogP contribution in [0.4, 0.5) is 4.39 Å². The first-order valence-electron chi connectivity index (χ1n) is 11.4. The molecule has 1 unspecified atom stereocenters. The van der Waals surface area contributed by atoms with Gasteiger partial charge in [0.2, 0.25) is 5.91 Å². The first-order chi connectivity index (χ1) is 15.7. The molecule has 1 saturated heterocycles. The molecule has 2 aromatic rings. The third-order valence-electron chi connectivity index (χ3n) is 5.96. The van der Waals surface area contributed by atoms with Gasteiger partial charge in [0.25, 0.3) is 11.8 Å². The van der Waals surface area contributed by atoms with Gasteiger partial charge in [-0.15, -0.1) is 0 Å². The largest absolute Gasteiger partial charge is 0.354 e. The molecule has 0 spiro atoms. The molecule has 1 fully saturated rings. The van der Waals surface area contributed by atoms with Crippen LogP contribution < -0.4 is 10.6 Å². The molecule has 3 amide bonds. The van der Waals surface area contributed by atoms with Crippen molar-refractivity contribution in [2.24, 2.45) is 11.8 Å². The van der Waals surface area contributed by atoms with Crippen molar-refractivity contribution in [3.8, 4) is 0 Å². The maximum atomic E-state index is 13.2. The molecule has 33 heavy (non-hydrogen) atoms. The number of nitrogens with one attached hydrogen (secondary N) is 2. The van der Waals surface area contributed by atoms with Crippen LogP contribution in [0, 0.1) is 24.6 Å². The van der Waals surface area contributed by atoms with E-state index in [-0.39, 0.29) is 35.4 Å². The number of rotatable bonds is 7. The molecule has 1 aliphatic rings. The number of aryl methyl sites for hydroxylation is 1. The summed E-state index contributed by atoms with van der Waals surface area (Å²) in [6.07, 6.45) is 1.17. The first kappa shape index (κ1) is 24.4. The summed E-state index contributed by atoms with van der Waals surface area (Å²) in [5.74, 6) is -0.832. The van der Waals surface area contributed by atoms with Gasteiger partial charge >= 0.3 is 0 Å². The highest BCUT2D eigenvalue weighted by atomic mass is 19.1. The highest BCUT2D eigenvalue weighted by Gasteiger charge is 2.34. The lowest BCUT2D eigenvalue weighted by Crippen LogP contribution is -2.54. The molecule has 1 aliphatic heterocycles. The van der Waals surface area contributed by atoms with Gasteiger partial charge in [-0.05, 0) is 68.0 Å². The van der Waals surface area contributed by atoms with Gasteiger partial charge in [0.05, 0.1) is 0 Å². The van der Waals surface area contributed by atoms with E-state index < -0.39 is 6.04 Å². The Morgan fingerprint density at radius 3 is 2.12 bits per heavy atom. The average Bonchev–Trinajstić information content (AvgIpc) is 2.81. The van der Waals surface area contributed by atoms with Crippen molar-refractivity contribution in [2.75, 3.05) is 19.6 Å². The van der Waals surface area contributed by atoms with Gasteiger partial charge in [0, 0.05) is 30.8 Å². The third-order valence-corrected chi connectivity index (χ3v) is 5.96. The summed E-state index contributed by atoms with van der Waals surface area (Å²) in [7, 11) is 0. The predicted octanol–water partition coefficient (Wildman–Crippen LogP) is 3.56. The summed E-state index contributed by atoms with van der Waals surface area (Å²) in [4.78, 5) is 40.3. The summed E-state index contributed by atoms with van der Waals surface area (Å²) in [6.45, 7) is 7.44. The van der Waals surface area contributed by atoms with Crippen LogP contribution in [0.1, 0.15) is 53.0 Å². The van der Waals surface area contributed by atoms with Crippen LogP contribution in [0.3, 0.4) is 0 Å². The fraction of sp³-hybridized carbons (Fsp3) is 0.423. The third kappa shape index (κ3) is 6.63. The molecule has 0 aromatic heterocycles. The van der Waals surface area contributed by atoms with E-state index >= 15 is 0 Å². The lowest BCUT2D eigenvalue weighted by atomic mass is 9.88. The number of hydrogen-bond acceptors (Lipinski definition) is 3. The van der Waals surface area contributed by atoms with E-state index in [0.717, 1.165) is 5.56 Å². The van der Waals surface area contributed by atoms with Gasteiger partial charge in [-0.25, -0.2) is 4.39 Å². The molecule has 3 rings (SSSR count). The molecule has 0 bridgehead atoms. The topological polar surface area (TPSA) is 78.5 Å². The zero-order valence-corrected chi connectivity index (χ0v) is 19.4. The molecule has 0 aliphatic carbocycles. The summed E-state index contributed by atoms with van der Waals surface area (Å²) in [6, 6.07) is 12.0. The minimum Gasteiger partial charge on any atom is -0.354 e. The molecular formula is C26H32FN3O3. The lowest BCUT2D eigenvalue weighted by Gasteiger charge is -2.36. The number of carbonyl (C=O) groups is 3. The van der Waals surface area contributed by atoms with E-state index in [0.29, 0.717) is 43.6 Å². The number of likely N-dealkylation sites (tertiary alicyclic amines) is 1. The van der Waals surface area contributed by atoms with E-state index in [1.165, 1.54) is 24.3 Å². The average molecular weight is 454 g/mol. The van der Waals surface area contributed by atoms with E-state index in [4.69, 9.17) is 0 Å². The van der Waals surface area contributed by atoms with Gasteiger partial charge < -0.3 is 15.5 Å². The quantitative estimate of drug-likeness (QED) is 0.673. The fourth-order valence-electron chi connectivity index (χ4n) is 3.95. The second-order valence-corrected chi connectivity index (χ2v) is 9.09. The van der Waals surface area contributed by atoms with Crippen LogP contribution in [-0.2, 0) is 4.79 Å². The molecule has 1 atom stereocenters. The molecule has 1 heterocycles. The van der Waals surface area contributed by atoms with Gasteiger partial charge in [0.15, 0.2) is 0 Å². The number of amides is 3. The Morgan fingerprint density at radius 1 is 0.970 bits per heavy atom. The number of benzene rings is 2. The Hall–Kier alpha value is -3.22. The number of carbonyl (C=O) groups excluding carboxylic acids is 3. The van der Waals surface area contributed by atoms with Crippen molar-refractivity contribution in [3.63, 3.8) is 0 Å². The fourth-order valence-corrected chi connectivity index (χ4v) is 3.95. The Bertz CT molecular complexity index is 965. The van der Waals surface area contributed by atoms with Gasteiger partial charge in [-0.1, -0.05) is 31.5 Å². The molecule has 0 radical (unpaired) electrons. The number of nitrogens with zero attached hydrogens (tertiary/aromatic N) is 1. The summed E-state index contributed by atoms with van der Waals surface area (Å²) in [5, 5.41) is 5.87. The van der Waals surface area contributed by atoms with Crippen molar-refractivity contribution in [2.45, 2.75) is 39.7 Å². The molecule has 176 valence electrons. The van der Waals surface area contributed by atoms with Crippen molar-refractivity contribution >= 4 is 17.7 Å². The molecule has 0 saturated carbocycles. The molecule has 2 aromatic carbocycles. The van der Waals surface area contributed by atoms with Gasteiger partial charge in [-0.3, -0.25) is 14.4 Å². The minimum atomic E-state index is -0.680. The normalized spacial score (nSPS) is 15.2. The Morgan fingerprint density at radius 2 is 1.55 bits per heavy atom. The van der Waals surface area contributed by atoms with Crippen LogP contribution in [0.15, 0.2) is 48.5 Å². The van der Waals surface area contributed by atoms with Crippen molar-refractivity contribution in [1.29, 1.82) is 0 Å². The predicted molar refractivity (Wildman–Crippen MR) is 125 cm³/mol. The smallest absolute Gasteiger partial charge is 0.253 e. The Kier molecular flexibility index (Phi) is 8.20. The van der Waals surface area contributed by atoms with Crippen LogP contribution in [0.2, 0.25) is 0 Å². The summed E-state index contributed by atoms with van der Waals surface area (Å²) >= 11 is 0. The second kappa shape index (κ2) is 11.1. The van der Waals surface area contributed by atoms with Crippen molar-refractivity contribution in [1.82, 2.24) is 15.5 Å². The lowest BCUT2D eigenvalue weighted by molar-refractivity contribution is -0.124. The van der Waals surface area contributed by atoms with Gasteiger partial charge in [-0.2, -0.15) is 0 Å². The highest BCUT2D eigenvalue weighted by Crippen LogP contribution is 2.23. The maximum absolute atomic E-state index is 13.2. The monoisotopic (exact) mass is 453 g/mol. The van der Waals surface area contributed by atoms with Crippen LogP contribution in [0.25, 0.3) is 0 Å². The van der Waals surface area contributed by atoms with Gasteiger partial charge in [0.1, 0.15) is 11.9 Å². The molecular weight excluding hydrogens is 421 g/mol. The van der Waals surface area contributed by atoms with E-state index in [1.54, 1.807) is 17.0 Å². The van der Waals surface area contributed by atoms with Crippen molar-refractivity contribution in [3.05, 3.63) is 71.0 Å². The first-order valence-corrected chi connectivity index (χ1v) is 11.4. The SMILES string of the molecule is Cc1ccc(C(=O)NC(C(=O)NCC(C)C)C2CCN(C(=O)c3ccc(F)cc3)CC2)cc1. The zero-order valence-electron chi connectivity index (χ0n) is 19.4. The van der Waals surface area contributed by atoms with Crippen LogP contribution in [-0.4, -0.2) is 48.3 Å². The Labute approximate surface area is 194 Å². The summed E-state index contributed by atoms with van der Waals surface area (Å²) < 4.78 is 13.2. The second-order valence-electron chi connectivity index (χ2n) is 9.09. The number of piperidine rings is 1. The van der Waals surface area contributed by atoms with E-state index in [2.05, 4.69) is 10.6 Å². The molecule has 7 heteroatoms. The summed E-state index contributed by atoms with van der Waals surface area (Å²) in [5.41, 5.74) is 2.00. The highest BCUT2D eigenvalue weighted by molar-refractivity contribution is 5.97. The Balaban J connectivity index is 1.68. The van der Waals surface area contributed by atoms with E-state index in [1.807, 2.05) is 32.9 Å². The number of hydrogen-bond donors (Lipinski definition) is 2. The molecule has 6 nitrogen and oxygen atoms in total. The minimum absolute atomic E-state index is 0.0937. The van der Waals surface area contributed by atoms with Crippen LogP contribution >= 0.6 is 0 Å². The van der Waals surface area contributed by atoms with E-state index in [9.17, 15) is 18.8 Å². The van der Waals surface area contributed by atoms with Crippen LogP contribution in [0.5, 0.6) is 0 Å². The maximum Gasteiger partial charge on any atom is 0.253 e. The standard InChI is InChI=1S/C26H32FN3O3/c1-17(2)16-28-25(32)23(29-24(31)20-6-4-18(3)5-7-20)19-12-14-30(15-13-19)26(33)21-8-10-22(27)11-9-21/h4-11,17,19,23H,12-16H2,1-3H3,(H,28,32)(H,29,31). The molecule has 2 N–H and O–H groups in total. The number of halogens is 1. The van der Waals surface area contributed by atoms with Crippen molar-refractivity contribution < 1.29 is 18.8 Å². The zero-order chi connectivity index (χ0) is 24.0.